The first-order chi connectivity index (χ1) is 17.3. The van der Waals surface area contributed by atoms with E-state index in [0.717, 1.165) is 33.6 Å². The first kappa shape index (κ1) is 22.3. The summed E-state index contributed by atoms with van der Waals surface area (Å²) in [5, 5.41) is 3.41. The second kappa shape index (κ2) is 10.6. The summed E-state index contributed by atoms with van der Waals surface area (Å²) in [5.41, 5.74) is 15.1. The van der Waals surface area contributed by atoms with Crippen LogP contribution < -0.4 is 11.1 Å². The molecule has 3 heteroatoms. The highest BCUT2D eigenvalue weighted by molar-refractivity contribution is 5.90. The second-order valence-corrected chi connectivity index (χ2v) is 8.34. The van der Waals surface area contributed by atoms with Crippen molar-refractivity contribution in [2.45, 2.75) is 6.04 Å². The molecule has 0 saturated heterocycles. The fourth-order valence-corrected chi connectivity index (χ4v) is 4.22. The third-order valence-electron chi connectivity index (χ3n) is 6.07. The summed E-state index contributed by atoms with van der Waals surface area (Å²) in [7, 11) is 0. The highest BCUT2D eigenvalue weighted by Gasteiger charge is 2.12. The molecule has 3 nitrogen and oxygen atoms in total. The number of hydrogen-bond donors (Lipinski definition) is 2. The quantitative estimate of drug-likeness (QED) is 0.195. The van der Waals surface area contributed by atoms with Gasteiger partial charge in [-0.1, -0.05) is 115 Å². The van der Waals surface area contributed by atoms with Gasteiger partial charge in [-0.25, -0.2) is 4.99 Å². The summed E-state index contributed by atoms with van der Waals surface area (Å²) >= 11 is 0. The molecule has 0 aliphatic carbocycles. The van der Waals surface area contributed by atoms with Crippen molar-refractivity contribution in [3.8, 4) is 22.3 Å². The Labute approximate surface area is 206 Å². The SMILES string of the molecule is NC(c1ccccc1)c1ccccc1N=CNc1ccc(-c2ccccc2)cc1-c1ccccc1. The van der Waals surface area contributed by atoms with Crippen molar-refractivity contribution >= 4 is 17.7 Å². The van der Waals surface area contributed by atoms with Gasteiger partial charge in [-0.05, 0) is 46.0 Å². The molecule has 0 aromatic heterocycles. The minimum atomic E-state index is -0.241. The summed E-state index contributed by atoms with van der Waals surface area (Å²) in [6.45, 7) is 0. The van der Waals surface area contributed by atoms with Crippen molar-refractivity contribution in [1.82, 2.24) is 0 Å². The standard InChI is InChI=1S/C32H27N3/c33-32(26-16-8-3-9-17-26)28-18-10-11-19-30(28)34-23-35-31-21-20-27(24-12-4-1-5-13-24)22-29(31)25-14-6-2-7-15-25/h1-23,32H,33H2,(H,34,35). The van der Waals surface area contributed by atoms with Crippen LogP contribution in [0.5, 0.6) is 0 Å². The molecule has 0 spiro atoms. The van der Waals surface area contributed by atoms with E-state index in [2.05, 4.69) is 72.0 Å². The number of para-hydroxylation sites is 1. The topological polar surface area (TPSA) is 50.4 Å². The molecule has 0 aliphatic rings. The van der Waals surface area contributed by atoms with E-state index in [1.165, 1.54) is 11.1 Å². The van der Waals surface area contributed by atoms with Crippen molar-refractivity contribution < 1.29 is 0 Å². The molecular weight excluding hydrogens is 426 g/mol. The lowest BCUT2D eigenvalue weighted by Crippen LogP contribution is -2.11. The van der Waals surface area contributed by atoms with Gasteiger partial charge >= 0.3 is 0 Å². The lowest BCUT2D eigenvalue weighted by molar-refractivity contribution is 0.872. The van der Waals surface area contributed by atoms with Gasteiger partial charge in [-0.15, -0.1) is 0 Å². The maximum atomic E-state index is 6.58. The fourth-order valence-electron chi connectivity index (χ4n) is 4.22. The molecule has 5 aromatic rings. The van der Waals surface area contributed by atoms with Crippen molar-refractivity contribution in [3.63, 3.8) is 0 Å². The maximum Gasteiger partial charge on any atom is 0.0930 e. The first-order valence-corrected chi connectivity index (χ1v) is 11.7. The molecule has 35 heavy (non-hydrogen) atoms. The number of aliphatic imine (C=N–C) groups is 1. The van der Waals surface area contributed by atoms with Crippen LogP contribution in [0, 0.1) is 0 Å². The van der Waals surface area contributed by atoms with Crippen molar-refractivity contribution in [2.24, 2.45) is 10.7 Å². The molecule has 5 rings (SSSR count). The van der Waals surface area contributed by atoms with E-state index in [9.17, 15) is 0 Å². The van der Waals surface area contributed by atoms with Gasteiger partial charge < -0.3 is 11.1 Å². The Bertz CT molecular complexity index is 1410. The Hall–Kier alpha value is -4.47. The summed E-state index contributed by atoms with van der Waals surface area (Å²) in [6, 6.07) is 45.2. The van der Waals surface area contributed by atoms with Gasteiger partial charge in [0.15, 0.2) is 0 Å². The van der Waals surface area contributed by atoms with Crippen LogP contribution in [0.15, 0.2) is 138 Å². The van der Waals surface area contributed by atoms with Gasteiger partial charge in [-0.3, -0.25) is 0 Å². The van der Waals surface area contributed by atoms with E-state index < -0.39 is 0 Å². The Morgan fingerprint density at radius 2 is 1.20 bits per heavy atom. The third-order valence-corrected chi connectivity index (χ3v) is 6.07. The van der Waals surface area contributed by atoms with Gasteiger partial charge in [0.1, 0.15) is 0 Å². The third kappa shape index (κ3) is 5.21. The average Bonchev–Trinajstić information content (AvgIpc) is 2.94. The van der Waals surface area contributed by atoms with E-state index in [0.29, 0.717) is 0 Å². The fraction of sp³-hybridized carbons (Fsp3) is 0.0312. The molecule has 0 bridgehead atoms. The predicted octanol–water partition coefficient (Wildman–Crippen LogP) is 7.84. The number of nitrogens with two attached hydrogens (primary N) is 1. The van der Waals surface area contributed by atoms with Crippen LogP contribution in [-0.2, 0) is 0 Å². The summed E-state index contributed by atoms with van der Waals surface area (Å²) < 4.78 is 0. The van der Waals surface area contributed by atoms with E-state index in [1.54, 1.807) is 6.34 Å². The Morgan fingerprint density at radius 3 is 1.91 bits per heavy atom. The van der Waals surface area contributed by atoms with E-state index in [4.69, 9.17) is 10.7 Å². The monoisotopic (exact) mass is 453 g/mol. The Morgan fingerprint density at radius 1 is 0.600 bits per heavy atom. The molecular formula is C32H27N3. The van der Waals surface area contributed by atoms with Crippen LogP contribution in [0.3, 0.4) is 0 Å². The minimum absolute atomic E-state index is 0.241. The average molecular weight is 454 g/mol. The zero-order valence-electron chi connectivity index (χ0n) is 19.4. The molecule has 0 radical (unpaired) electrons. The first-order valence-electron chi connectivity index (χ1n) is 11.7. The van der Waals surface area contributed by atoms with Gasteiger partial charge in [0.25, 0.3) is 0 Å². The maximum absolute atomic E-state index is 6.58. The van der Waals surface area contributed by atoms with Crippen LogP contribution in [-0.4, -0.2) is 6.34 Å². The highest BCUT2D eigenvalue weighted by atomic mass is 14.9. The van der Waals surface area contributed by atoms with Crippen molar-refractivity contribution in [2.75, 3.05) is 5.32 Å². The highest BCUT2D eigenvalue weighted by Crippen LogP contribution is 2.33. The van der Waals surface area contributed by atoms with Gasteiger partial charge in [0, 0.05) is 11.3 Å². The number of benzene rings is 5. The molecule has 0 fully saturated rings. The smallest absolute Gasteiger partial charge is 0.0930 e. The van der Waals surface area contributed by atoms with Gasteiger partial charge in [0.05, 0.1) is 18.1 Å². The van der Waals surface area contributed by atoms with Gasteiger partial charge in [-0.2, -0.15) is 0 Å². The predicted molar refractivity (Wildman–Crippen MR) is 148 cm³/mol. The molecule has 170 valence electrons. The molecule has 1 unspecified atom stereocenters. The lowest BCUT2D eigenvalue weighted by Gasteiger charge is -2.15. The summed E-state index contributed by atoms with van der Waals surface area (Å²) in [5.74, 6) is 0. The molecule has 0 amide bonds. The van der Waals surface area contributed by atoms with Crippen LogP contribution in [0.25, 0.3) is 22.3 Å². The Kier molecular flexibility index (Phi) is 6.79. The summed E-state index contributed by atoms with van der Waals surface area (Å²) in [6.07, 6.45) is 1.75. The molecule has 1 atom stereocenters. The van der Waals surface area contributed by atoms with Crippen LogP contribution in [0.2, 0.25) is 0 Å². The lowest BCUT2D eigenvalue weighted by atomic mass is 9.97. The Balaban J connectivity index is 1.45. The van der Waals surface area contributed by atoms with Crippen LogP contribution >= 0.6 is 0 Å². The normalized spacial score (nSPS) is 11.9. The molecule has 0 saturated carbocycles. The number of nitrogens with zero attached hydrogens (tertiary/aromatic N) is 1. The van der Waals surface area contributed by atoms with Crippen LogP contribution in [0.4, 0.5) is 11.4 Å². The zero-order chi connectivity index (χ0) is 23.9. The largest absolute Gasteiger partial charge is 0.346 e. The number of rotatable bonds is 7. The van der Waals surface area contributed by atoms with Crippen LogP contribution in [0.1, 0.15) is 17.2 Å². The minimum Gasteiger partial charge on any atom is -0.346 e. The summed E-state index contributed by atoms with van der Waals surface area (Å²) in [4.78, 5) is 4.75. The van der Waals surface area contributed by atoms with E-state index in [1.807, 2.05) is 66.7 Å². The van der Waals surface area contributed by atoms with Crippen molar-refractivity contribution in [1.29, 1.82) is 0 Å². The number of anilines is 1. The van der Waals surface area contributed by atoms with E-state index >= 15 is 0 Å². The van der Waals surface area contributed by atoms with Gasteiger partial charge in [0.2, 0.25) is 0 Å². The second-order valence-electron chi connectivity index (χ2n) is 8.34. The number of hydrogen-bond acceptors (Lipinski definition) is 2. The number of nitrogens with one attached hydrogen (secondary N) is 1. The molecule has 0 aliphatic heterocycles. The van der Waals surface area contributed by atoms with E-state index in [-0.39, 0.29) is 6.04 Å². The molecule has 5 aromatic carbocycles. The molecule has 0 heterocycles. The zero-order valence-corrected chi connectivity index (χ0v) is 19.4. The van der Waals surface area contributed by atoms with Crippen molar-refractivity contribution in [3.05, 3.63) is 145 Å². The molecule has 3 N–H and O–H groups in total.